The van der Waals surface area contributed by atoms with E-state index in [2.05, 4.69) is 5.32 Å². The first-order valence-electron chi connectivity index (χ1n) is 5.78. The first kappa shape index (κ1) is 16.2. The third kappa shape index (κ3) is 4.17. The normalized spacial score (nSPS) is 10.5. The fourth-order valence-corrected chi connectivity index (χ4v) is 2.50. The molecule has 1 amide bonds. The third-order valence-electron chi connectivity index (χ3n) is 2.65. The molecule has 0 aromatic heterocycles. The molecule has 2 N–H and O–H groups in total. The predicted molar refractivity (Wildman–Crippen MR) is 86.9 cm³/mol. The molecule has 0 radical (unpaired) electrons. The number of rotatable bonds is 3. The molecule has 21 heavy (non-hydrogen) atoms. The summed E-state index contributed by atoms with van der Waals surface area (Å²) in [4.78, 5) is 12.0. The molecule has 0 saturated heterocycles. The van der Waals surface area contributed by atoms with Crippen LogP contribution in [0, 0.1) is 0 Å². The molecule has 2 rings (SSSR count). The fourth-order valence-electron chi connectivity index (χ4n) is 1.69. The molecule has 0 aliphatic heterocycles. The molecule has 0 saturated carbocycles. The zero-order chi connectivity index (χ0) is 15.6. The highest BCUT2D eigenvalue weighted by Gasteiger charge is 2.12. The first-order valence-corrected chi connectivity index (χ1v) is 7.30. The van der Waals surface area contributed by atoms with E-state index < -0.39 is 0 Å². The summed E-state index contributed by atoms with van der Waals surface area (Å²) in [7, 11) is 0. The van der Waals surface area contributed by atoms with Crippen LogP contribution in [0.15, 0.2) is 30.3 Å². The average molecular weight is 365 g/mol. The average Bonchev–Trinajstić information content (AvgIpc) is 2.39. The molecule has 2 aromatic carbocycles. The van der Waals surface area contributed by atoms with E-state index >= 15 is 0 Å². The number of phenolic OH excluding ortho intramolecular Hbond substituents is 1. The van der Waals surface area contributed by atoms with Crippen molar-refractivity contribution in [2.75, 3.05) is 5.32 Å². The third-order valence-corrected chi connectivity index (χ3v) is 3.90. The van der Waals surface area contributed by atoms with Crippen LogP contribution in [0.3, 0.4) is 0 Å². The molecule has 0 fully saturated rings. The number of benzene rings is 2. The molecule has 0 aliphatic carbocycles. The van der Waals surface area contributed by atoms with Gasteiger partial charge in [0.15, 0.2) is 5.75 Å². The summed E-state index contributed by atoms with van der Waals surface area (Å²) in [5.41, 5.74) is 0.840. The number of halogens is 4. The number of hydrogen-bond donors (Lipinski definition) is 2. The maximum Gasteiger partial charge on any atom is 0.228 e. The smallest absolute Gasteiger partial charge is 0.228 e. The molecule has 0 aliphatic rings. The summed E-state index contributed by atoms with van der Waals surface area (Å²) in [6.45, 7) is 0. The molecule has 0 unspecified atom stereocenters. The Hall–Kier alpha value is -1.13. The van der Waals surface area contributed by atoms with Crippen molar-refractivity contribution in [3.05, 3.63) is 56.0 Å². The summed E-state index contributed by atoms with van der Waals surface area (Å²) < 4.78 is 0. The van der Waals surface area contributed by atoms with Gasteiger partial charge in [-0.2, -0.15) is 0 Å². The highest BCUT2D eigenvalue weighted by molar-refractivity contribution is 6.42. The minimum atomic E-state index is -0.345. The maximum absolute atomic E-state index is 12.0. The van der Waals surface area contributed by atoms with E-state index in [0.717, 1.165) is 0 Å². The van der Waals surface area contributed by atoms with Gasteiger partial charge in [-0.1, -0.05) is 52.5 Å². The van der Waals surface area contributed by atoms with Crippen molar-refractivity contribution in [1.82, 2.24) is 0 Å². The van der Waals surface area contributed by atoms with Crippen LogP contribution in [0.1, 0.15) is 5.56 Å². The van der Waals surface area contributed by atoms with Crippen molar-refractivity contribution in [2.45, 2.75) is 6.42 Å². The first-order chi connectivity index (χ1) is 9.86. The Morgan fingerprint density at radius 3 is 2.38 bits per heavy atom. The van der Waals surface area contributed by atoms with E-state index in [0.29, 0.717) is 20.6 Å². The van der Waals surface area contributed by atoms with E-state index in [9.17, 15) is 9.90 Å². The van der Waals surface area contributed by atoms with Crippen LogP contribution in [-0.2, 0) is 11.2 Å². The van der Waals surface area contributed by atoms with Crippen LogP contribution in [0.5, 0.6) is 5.75 Å². The van der Waals surface area contributed by atoms with E-state index in [1.54, 1.807) is 18.2 Å². The lowest BCUT2D eigenvalue weighted by Gasteiger charge is -2.09. The van der Waals surface area contributed by atoms with Crippen LogP contribution in [0.2, 0.25) is 20.1 Å². The number of nitrogens with one attached hydrogen (secondary N) is 1. The summed E-state index contributed by atoms with van der Waals surface area (Å²) >= 11 is 23.3. The molecule has 0 bridgehead atoms. The van der Waals surface area contributed by atoms with Gasteiger partial charge in [-0.25, -0.2) is 0 Å². The number of amides is 1. The number of hydrogen-bond acceptors (Lipinski definition) is 2. The quantitative estimate of drug-likeness (QED) is 0.736. The highest BCUT2D eigenvalue weighted by atomic mass is 35.5. The number of aromatic hydroxyl groups is 1. The van der Waals surface area contributed by atoms with Gasteiger partial charge in [0.1, 0.15) is 0 Å². The second kappa shape index (κ2) is 6.75. The molecular formula is C14H9Cl4NO2. The van der Waals surface area contributed by atoms with Crippen molar-refractivity contribution in [3.8, 4) is 5.75 Å². The van der Waals surface area contributed by atoms with Gasteiger partial charge in [-0.05, 0) is 29.8 Å². The molecular weight excluding hydrogens is 356 g/mol. The van der Waals surface area contributed by atoms with Gasteiger partial charge in [0.05, 0.1) is 27.2 Å². The van der Waals surface area contributed by atoms with E-state index in [1.165, 1.54) is 12.1 Å². The number of phenols is 1. The lowest BCUT2D eigenvalue weighted by atomic mass is 10.1. The lowest BCUT2D eigenvalue weighted by Crippen LogP contribution is -2.14. The minimum Gasteiger partial charge on any atom is -0.504 e. The molecule has 0 atom stereocenters. The highest BCUT2D eigenvalue weighted by Crippen LogP contribution is 2.35. The molecule has 0 heterocycles. The van der Waals surface area contributed by atoms with Gasteiger partial charge in [0.2, 0.25) is 5.91 Å². The van der Waals surface area contributed by atoms with E-state index in [-0.39, 0.29) is 28.8 Å². The monoisotopic (exact) mass is 363 g/mol. The summed E-state index contributed by atoms with van der Waals surface area (Å²) in [5, 5.41) is 13.5. The van der Waals surface area contributed by atoms with Crippen molar-refractivity contribution < 1.29 is 9.90 Å². The Bertz CT molecular complexity index is 704. The number of carbonyl (C=O) groups excluding carboxylic acids is 1. The Balaban J connectivity index is 2.13. The van der Waals surface area contributed by atoms with Gasteiger partial charge in [-0.15, -0.1) is 0 Å². The Morgan fingerprint density at radius 2 is 1.71 bits per heavy atom. The van der Waals surface area contributed by atoms with E-state index in [4.69, 9.17) is 46.4 Å². The van der Waals surface area contributed by atoms with Gasteiger partial charge in [0, 0.05) is 5.02 Å². The second-order valence-corrected chi connectivity index (χ2v) is 5.92. The maximum atomic E-state index is 12.0. The second-order valence-electron chi connectivity index (χ2n) is 4.26. The Kier molecular flexibility index (Phi) is 5.22. The summed E-state index contributed by atoms with van der Waals surface area (Å²) in [6.07, 6.45) is 0.0699. The molecule has 110 valence electrons. The minimum absolute atomic E-state index is 0.0623. The van der Waals surface area contributed by atoms with Gasteiger partial charge >= 0.3 is 0 Å². The van der Waals surface area contributed by atoms with Gasteiger partial charge in [0.25, 0.3) is 0 Å². The number of anilines is 1. The van der Waals surface area contributed by atoms with Crippen LogP contribution in [0.25, 0.3) is 0 Å². The Labute approximate surface area is 141 Å². The standard InChI is InChI=1S/C14H9Cl4NO2/c15-8-5-11(18)14(21)12(6-8)19-13(20)4-7-1-2-9(16)10(17)3-7/h1-3,5-6,21H,4H2,(H,19,20). The fraction of sp³-hybridized carbons (Fsp3) is 0.0714. The lowest BCUT2D eigenvalue weighted by molar-refractivity contribution is -0.115. The van der Waals surface area contributed by atoms with Crippen molar-refractivity contribution in [2.24, 2.45) is 0 Å². The molecule has 3 nitrogen and oxygen atoms in total. The summed E-state index contributed by atoms with van der Waals surface area (Å²) in [5.74, 6) is -0.578. The largest absolute Gasteiger partial charge is 0.504 e. The predicted octanol–water partition coefficient (Wildman–Crippen LogP) is 5.19. The topological polar surface area (TPSA) is 49.3 Å². The van der Waals surface area contributed by atoms with Crippen LogP contribution in [0.4, 0.5) is 5.69 Å². The Morgan fingerprint density at radius 1 is 1.00 bits per heavy atom. The number of carbonyl (C=O) groups is 1. The zero-order valence-electron chi connectivity index (χ0n) is 10.5. The zero-order valence-corrected chi connectivity index (χ0v) is 13.5. The van der Waals surface area contributed by atoms with Gasteiger partial charge in [-0.3, -0.25) is 4.79 Å². The van der Waals surface area contributed by atoms with Gasteiger partial charge < -0.3 is 10.4 Å². The molecule has 2 aromatic rings. The molecule has 7 heteroatoms. The van der Waals surface area contributed by atoms with Crippen LogP contribution < -0.4 is 5.32 Å². The van der Waals surface area contributed by atoms with Crippen LogP contribution >= 0.6 is 46.4 Å². The van der Waals surface area contributed by atoms with E-state index in [1.807, 2.05) is 0 Å². The SMILES string of the molecule is O=C(Cc1ccc(Cl)c(Cl)c1)Nc1cc(Cl)cc(Cl)c1O. The van der Waals surface area contributed by atoms with Crippen molar-refractivity contribution in [3.63, 3.8) is 0 Å². The van der Waals surface area contributed by atoms with Crippen molar-refractivity contribution in [1.29, 1.82) is 0 Å². The van der Waals surface area contributed by atoms with Crippen LogP contribution in [-0.4, -0.2) is 11.0 Å². The molecule has 0 spiro atoms. The summed E-state index contributed by atoms with van der Waals surface area (Å²) in [6, 6.07) is 7.70. The van der Waals surface area contributed by atoms with Crippen molar-refractivity contribution >= 4 is 58.0 Å².